The summed E-state index contributed by atoms with van der Waals surface area (Å²) in [6.07, 6.45) is 4.07. The highest BCUT2D eigenvalue weighted by Crippen LogP contribution is 2.01. The van der Waals surface area contributed by atoms with Crippen LogP contribution in [-0.2, 0) is 4.79 Å². The topological polar surface area (TPSA) is 41.7 Å². The third-order valence-corrected chi connectivity index (χ3v) is 1.44. The van der Waals surface area contributed by atoms with E-state index in [9.17, 15) is 0 Å². The van der Waals surface area contributed by atoms with Crippen LogP contribution >= 0.6 is 0 Å². The minimum atomic E-state index is -0.250. The molecule has 0 radical (unpaired) electrons. The molecule has 0 unspecified atom stereocenters. The maximum atomic E-state index is 8.36. The fraction of sp³-hybridized carbons (Fsp3) is 0. The molecule has 3 heteroatoms. The molecular weight excluding hydrogens is 154 g/mol. The molecule has 0 aliphatic heterocycles. The predicted octanol–water partition coefficient (Wildman–Crippen LogP) is 1.64. The third-order valence-electron chi connectivity index (χ3n) is 1.44. The Kier molecular flexibility index (Phi) is 2.90. The Morgan fingerprint density at radius 3 is 2.42 bits per heavy atom. The van der Waals surface area contributed by atoms with Crippen molar-refractivity contribution in [3.63, 3.8) is 0 Å². The molecule has 3 nitrogen and oxygen atoms in total. The van der Waals surface area contributed by atoms with Crippen molar-refractivity contribution in [2.75, 3.05) is 0 Å². The first kappa shape index (κ1) is 8.33. The average molecular weight is 163 g/mol. The van der Waals surface area contributed by atoms with Gasteiger partial charge in [0.25, 0.3) is 6.47 Å². The monoisotopic (exact) mass is 163 g/mol. The lowest BCUT2D eigenvalue weighted by Crippen LogP contribution is -1.75. The van der Waals surface area contributed by atoms with Gasteiger partial charge in [-0.25, -0.2) is 0 Å². The highest BCUT2D eigenvalue weighted by atomic mass is 16.3. The summed E-state index contributed by atoms with van der Waals surface area (Å²) in [5.74, 6) is 0. The van der Waals surface area contributed by atoms with Gasteiger partial charge in [-0.3, -0.25) is 4.79 Å². The molecule has 0 bridgehead atoms. The zero-order chi connectivity index (χ0) is 8.81. The first-order valence-corrected chi connectivity index (χ1v) is 3.48. The largest absolute Gasteiger partial charge is 0.483 e. The van der Waals surface area contributed by atoms with E-state index in [0.717, 1.165) is 0 Å². The van der Waals surface area contributed by atoms with Crippen LogP contribution in [0, 0.1) is 0 Å². The number of carboxylic acid groups (broad SMARTS) is 1. The molecule has 62 valence electrons. The van der Waals surface area contributed by atoms with Gasteiger partial charge in [-0.15, -0.1) is 0 Å². The van der Waals surface area contributed by atoms with Crippen LogP contribution in [0.3, 0.4) is 0 Å². The Bertz CT molecular complexity index is 324. The van der Waals surface area contributed by atoms with Crippen LogP contribution in [0.5, 0.6) is 0 Å². The lowest BCUT2D eigenvalue weighted by molar-refractivity contribution is -0.122. The lowest BCUT2D eigenvalue weighted by atomic mass is 10.4. The molecule has 0 aliphatic rings. The number of rotatable bonds is 0. The fourth-order valence-electron chi connectivity index (χ4n) is 0.980. The lowest BCUT2D eigenvalue weighted by Gasteiger charge is -1.88. The zero-order valence-electron chi connectivity index (χ0n) is 6.42. The minimum absolute atomic E-state index is 0.250. The molecule has 2 aromatic heterocycles. The molecular formula is C9H9NO2. The molecule has 0 amide bonds. The zero-order valence-corrected chi connectivity index (χ0v) is 6.42. The van der Waals surface area contributed by atoms with Crippen molar-refractivity contribution in [1.82, 2.24) is 4.40 Å². The molecule has 2 rings (SSSR count). The summed E-state index contributed by atoms with van der Waals surface area (Å²) >= 11 is 0. The number of hydrogen-bond acceptors (Lipinski definition) is 1. The second-order valence-corrected chi connectivity index (χ2v) is 2.15. The van der Waals surface area contributed by atoms with E-state index in [2.05, 4.69) is 16.5 Å². The van der Waals surface area contributed by atoms with E-state index < -0.39 is 0 Å². The van der Waals surface area contributed by atoms with Gasteiger partial charge in [-0.05, 0) is 24.3 Å². The molecule has 0 atom stereocenters. The standard InChI is InChI=1S/C8H7N.CH2O2/c1-2-6-9-7-3-5-8(9)4-1;2-1-3/h1-7H;1H,(H,2,3). The molecule has 0 fully saturated rings. The van der Waals surface area contributed by atoms with Crippen molar-refractivity contribution < 1.29 is 9.90 Å². The van der Waals surface area contributed by atoms with Crippen LogP contribution in [-0.4, -0.2) is 16.0 Å². The van der Waals surface area contributed by atoms with Gasteiger partial charge in [0, 0.05) is 17.9 Å². The number of nitrogens with zero attached hydrogens (tertiary/aromatic N) is 1. The second kappa shape index (κ2) is 4.18. The maximum absolute atomic E-state index is 8.36. The average Bonchev–Trinajstić information content (AvgIpc) is 2.52. The van der Waals surface area contributed by atoms with Crippen LogP contribution in [0.1, 0.15) is 0 Å². The predicted molar refractivity (Wildman–Crippen MR) is 46.1 cm³/mol. The molecule has 1 N–H and O–H groups in total. The normalized spacial score (nSPS) is 8.67. The number of aromatic nitrogens is 1. The SMILES string of the molecule is O=CO.c1ccn2cccc2c1. The molecule has 0 spiro atoms. The number of carbonyl (C=O) groups is 1. The van der Waals surface area contributed by atoms with Gasteiger partial charge in [0.1, 0.15) is 0 Å². The van der Waals surface area contributed by atoms with E-state index in [1.54, 1.807) is 0 Å². The highest BCUT2D eigenvalue weighted by Gasteiger charge is 1.83. The Balaban J connectivity index is 0.000000213. The summed E-state index contributed by atoms with van der Waals surface area (Å²) in [6, 6.07) is 10.3. The van der Waals surface area contributed by atoms with Crippen LogP contribution < -0.4 is 0 Å². The summed E-state index contributed by atoms with van der Waals surface area (Å²) in [5.41, 5.74) is 1.25. The Labute approximate surface area is 69.9 Å². The van der Waals surface area contributed by atoms with E-state index in [1.165, 1.54) is 5.52 Å². The summed E-state index contributed by atoms with van der Waals surface area (Å²) in [7, 11) is 0. The van der Waals surface area contributed by atoms with E-state index in [4.69, 9.17) is 9.90 Å². The Morgan fingerprint density at radius 2 is 1.75 bits per heavy atom. The first-order chi connectivity index (χ1) is 5.88. The molecule has 12 heavy (non-hydrogen) atoms. The molecule has 0 saturated heterocycles. The van der Waals surface area contributed by atoms with Crippen molar-refractivity contribution >= 4 is 12.0 Å². The molecule has 0 saturated carbocycles. The molecule has 2 heterocycles. The molecule has 2 aromatic rings. The van der Waals surface area contributed by atoms with Crippen molar-refractivity contribution in [1.29, 1.82) is 0 Å². The van der Waals surface area contributed by atoms with Gasteiger partial charge in [-0.2, -0.15) is 0 Å². The highest BCUT2D eigenvalue weighted by molar-refractivity contribution is 5.46. The van der Waals surface area contributed by atoms with Gasteiger partial charge in [-0.1, -0.05) is 6.07 Å². The number of fused-ring (bicyclic) bond motifs is 1. The number of pyridine rings is 1. The summed E-state index contributed by atoms with van der Waals surface area (Å²) in [5, 5.41) is 6.89. The Morgan fingerprint density at radius 1 is 1.17 bits per heavy atom. The van der Waals surface area contributed by atoms with Crippen molar-refractivity contribution in [2.24, 2.45) is 0 Å². The van der Waals surface area contributed by atoms with Crippen molar-refractivity contribution in [2.45, 2.75) is 0 Å². The van der Waals surface area contributed by atoms with Crippen LogP contribution in [0.25, 0.3) is 5.52 Å². The summed E-state index contributed by atoms with van der Waals surface area (Å²) in [4.78, 5) is 8.36. The third kappa shape index (κ3) is 1.85. The summed E-state index contributed by atoms with van der Waals surface area (Å²) < 4.78 is 2.08. The second-order valence-electron chi connectivity index (χ2n) is 2.15. The van der Waals surface area contributed by atoms with Gasteiger partial charge in [0.15, 0.2) is 0 Å². The Hall–Kier alpha value is -1.77. The molecule has 0 aliphatic carbocycles. The van der Waals surface area contributed by atoms with Crippen molar-refractivity contribution in [3.8, 4) is 0 Å². The van der Waals surface area contributed by atoms with Gasteiger partial charge in [0.2, 0.25) is 0 Å². The van der Waals surface area contributed by atoms with E-state index in [0.29, 0.717) is 0 Å². The van der Waals surface area contributed by atoms with Gasteiger partial charge < -0.3 is 9.51 Å². The maximum Gasteiger partial charge on any atom is 0.290 e. The minimum Gasteiger partial charge on any atom is -0.483 e. The van der Waals surface area contributed by atoms with Crippen LogP contribution in [0.15, 0.2) is 42.7 Å². The van der Waals surface area contributed by atoms with E-state index in [-0.39, 0.29) is 6.47 Å². The summed E-state index contributed by atoms with van der Waals surface area (Å²) in [6.45, 7) is -0.250. The van der Waals surface area contributed by atoms with E-state index in [1.807, 2.05) is 30.6 Å². The van der Waals surface area contributed by atoms with E-state index >= 15 is 0 Å². The van der Waals surface area contributed by atoms with Gasteiger partial charge in [0.05, 0.1) is 0 Å². The number of hydrogen-bond donors (Lipinski definition) is 1. The smallest absolute Gasteiger partial charge is 0.290 e. The molecule has 0 aromatic carbocycles. The van der Waals surface area contributed by atoms with Crippen molar-refractivity contribution in [3.05, 3.63) is 42.7 Å². The van der Waals surface area contributed by atoms with Crippen LogP contribution in [0.4, 0.5) is 0 Å². The first-order valence-electron chi connectivity index (χ1n) is 3.48. The van der Waals surface area contributed by atoms with Gasteiger partial charge >= 0.3 is 0 Å². The fourth-order valence-corrected chi connectivity index (χ4v) is 0.980. The van der Waals surface area contributed by atoms with Crippen LogP contribution in [0.2, 0.25) is 0 Å². The quantitative estimate of drug-likeness (QED) is 0.600.